The van der Waals surface area contributed by atoms with E-state index in [-0.39, 0.29) is 11.9 Å². The summed E-state index contributed by atoms with van der Waals surface area (Å²) in [6.45, 7) is 1.75. The summed E-state index contributed by atoms with van der Waals surface area (Å²) in [5, 5.41) is 0. The number of nitrogens with zero attached hydrogens (tertiary/aromatic N) is 1. The molecule has 0 radical (unpaired) electrons. The molecule has 0 aliphatic heterocycles. The molecular formula is C11H15N3OS. The van der Waals surface area contributed by atoms with Gasteiger partial charge in [-0.3, -0.25) is 4.79 Å². The minimum Gasteiger partial charge on any atom is -0.389 e. The summed E-state index contributed by atoms with van der Waals surface area (Å²) in [5.41, 5.74) is 12.4. The second-order valence-electron chi connectivity index (χ2n) is 3.60. The van der Waals surface area contributed by atoms with Crippen molar-refractivity contribution in [1.82, 2.24) is 0 Å². The van der Waals surface area contributed by atoms with Gasteiger partial charge in [-0.05, 0) is 19.1 Å². The number of carbonyl (C=O) groups excluding carboxylic acids is 1. The third-order valence-corrected chi connectivity index (χ3v) is 2.77. The number of thiocarbonyl (C=S) groups is 1. The normalized spacial score (nSPS) is 11.9. The van der Waals surface area contributed by atoms with Crippen molar-refractivity contribution < 1.29 is 4.79 Å². The van der Waals surface area contributed by atoms with Gasteiger partial charge in [0.05, 0.1) is 0 Å². The maximum atomic E-state index is 11.1. The summed E-state index contributed by atoms with van der Waals surface area (Å²) in [6, 6.07) is 7.01. The molecule has 4 N–H and O–H groups in total. The lowest BCUT2D eigenvalue weighted by Gasteiger charge is -2.24. The molecule has 1 atom stereocenters. The summed E-state index contributed by atoms with van der Waals surface area (Å²) in [4.78, 5) is 13.2. The van der Waals surface area contributed by atoms with Crippen molar-refractivity contribution in [3.05, 3.63) is 29.8 Å². The maximum absolute atomic E-state index is 11.1. The molecule has 1 amide bonds. The first-order valence-electron chi connectivity index (χ1n) is 4.85. The fraction of sp³-hybridized carbons (Fsp3) is 0.273. The van der Waals surface area contributed by atoms with E-state index in [4.69, 9.17) is 23.7 Å². The van der Waals surface area contributed by atoms with Crippen LogP contribution in [0.15, 0.2) is 24.3 Å². The maximum Gasteiger partial charge on any atom is 0.239 e. The molecular weight excluding hydrogens is 222 g/mol. The highest BCUT2D eigenvalue weighted by Crippen LogP contribution is 2.16. The van der Waals surface area contributed by atoms with Crippen molar-refractivity contribution in [2.75, 3.05) is 11.9 Å². The molecule has 4 nitrogen and oxygen atoms in total. The lowest BCUT2D eigenvalue weighted by atomic mass is 10.1. The van der Waals surface area contributed by atoms with E-state index in [2.05, 4.69) is 0 Å². The molecule has 0 aromatic heterocycles. The number of amides is 1. The minimum atomic E-state index is -0.374. The van der Waals surface area contributed by atoms with Crippen LogP contribution in [-0.4, -0.2) is 24.0 Å². The van der Waals surface area contributed by atoms with Gasteiger partial charge in [0.1, 0.15) is 11.0 Å². The third kappa shape index (κ3) is 2.70. The van der Waals surface area contributed by atoms with Crippen LogP contribution in [0.25, 0.3) is 0 Å². The van der Waals surface area contributed by atoms with Crippen LogP contribution in [0, 0.1) is 0 Å². The lowest BCUT2D eigenvalue weighted by molar-refractivity contribution is -0.118. The number of rotatable bonds is 4. The molecule has 0 fully saturated rings. The van der Waals surface area contributed by atoms with Gasteiger partial charge in [-0.25, -0.2) is 0 Å². The van der Waals surface area contributed by atoms with Crippen LogP contribution in [0.4, 0.5) is 5.69 Å². The molecule has 0 aliphatic carbocycles. The van der Waals surface area contributed by atoms with Crippen LogP contribution in [0.1, 0.15) is 12.5 Å². The first-order valence-corrected chi connectivity index (χ1v) is 5.26. The van der Waals surface area contributed by atoms with Gasteiger partial charge in [0.15, 0.2) is 0 Å². The number of carbonyl (C=O) groups is 1. The van der Waals surface area contributed by atoms with Gasteiger partial charge in [-0.2, -0.15) is 0 Å². The standard InChI is InChI=1S/C11H15N3OS/c1-7(10(12)15)14(2)9-5-3-4-8(6-9)11(13)16/h3-7H,1-2H3,(H2,12,15)(H2,13,16). The first kappa shape index (κ1) is 12.4. The fourth-order valence-electron chi connectivity index (χ4n) is 1.29. The van der Waals surface area contributed by atoms with Crippen molar-refractivity contribution in [3.8, 4) is 0 Å². The highest BCUT2D eigenvalue weighted by molar-refractivity contribution is 7.80. The van der Waals surface area contributed by atoms with E-state index in [9.17, 15) is 4.79 Å². The monoisotopic (exact) mass is 237 g/mol. The molecule has 5 heteroatoms. The molecule has 1 rings (SSSR count). The molecule has 0 spiro atoms. The number of benzene rings is 1. The Balaban J connectivity index is 3.00. The summed E-state index contributed by atoms with van der Waals surface area (Å²) in [7, 11) is 1.80. The zero-order valence-corrected chi connectivity index (χ0v) is 10.1. The van der Waals surface area contributed by atoms with E-state index < -0.39 is 0 Å². The lowest BCUT2D eigenvalue weighted by Crippen LogP contribution is -2.40. The highest BCUT2D eigenvalue weighted by atomic mass is 32.1. The summed E-state index contributed by atoms with van der Waals surface area (Å²) in [6.07, 6.45) is 0. The topological polar surface area (TPSA) is 72.4 Å². The van der Waals surface area contributed by atoms with Crippen LogP contribution in [0.2, 0.25) is 0 Å². The van der Waals surface area contributed by atoms with Crippen LogP contribution >= 0.6 is 12.2 Å². The number of hydrogen-bond donors (Lipinski definition) is 2. The van der Waals surface area contributed by atoms with Crippen LogP contribution < -0.4 is 16.4 Å². The second-order valence-corrected chi connectivity index (χ2v) is 4.04. The Kier molecular flexibility index (Phi) is 3.84. The summed E-state index contributed by atoms with van der Waals surface area (Å²) in [5.74, 6) is -0.372. The number of hydrogen-bond acceptors (Lipinski definition) is 3. The second kappa shape index (κ2) is 4.94. The molecule has 1 aromatic carbocycles. The fourth-order valence-corrected chi connectivity index (χ4v) is 1.42. The van der Waals surface area contributed by atoms with Crippen molar-refractivity contribution in [1.29, 1.82) is 0 Å². The number of primary amides is 1. The Morgan fingerprint density at radius 3 is 2.56 bits per heavy atom. The van der Waals surface area contributed by atoms with E-state index in [1.54, 1.807) is 18.9 Å². The van der Waals surface area contributed by atoms with E-state index in [1.807, 2.05) is 24.3 Å². The van der Waals surface area contributed by atoms with Gasteiger partial charge in [0.2, 0.25) is 5.91 Å². The quantitative estimate of drug-likeness (QED) is 0.753. The van der Waals surface area contributed by atoms with Gasteiger partial charge in [-0.1, -0.05) is 24.4 Å². The molecule has 0 bridgehead atoms. The first-order chi connectivity index (χ1) is 7.43. The SMILES string of the molecule is CC(C(N)=O)N(C)c1cccc(C(N)=S)c1. The third-order valence-electron chi connectivity index (χ3n) is 2.53. The van der Waals surface area contributed by atoms with E-state index in [0.717, 1.165) is 11.3 Å². The number of likely N-dealkylation sites (N-methyl/N-ethyl adjacent to an activating group) is 1. The predicted molar refractivity (Wildman–Crippen MR) is 69.4 cm³/mol. The average Bonchev–Trinajstić information content (AvgIpc) is 2.27. The highest BCUT2D eigenvalue weighted by Gasteiger charge is 2.15. The molecule has 0 saturated carbocycles. The van der Waals surface area contributed by atoms with Crippen molar-refractivity contribution >= 4 is 28.8 Å². The number of nitrogens with two attached hydrogens (primary N) is 2. The van der Waals surface area contributed by atoms with E-state index >= 15 is 0 Å². The minimum absolute atomic E-state index is 0.335. The zero-order valence-electron chi connectivity index (χ0n) is 9.31. The van der Waals surface area contributed by atoms with Crippen molar-refractivity contribution in [2.45, 2.75) is 13.0 Å². The Bertz CT molecular complexity index is 419. The molecule has 0 saturated heterocycles. The Morgan fingerprint density at radius 1 is 1.44 bits per heavy atom. The predicted octanol–water partition coefficient (Wildman–Crippen LogP) is 0.631. The van der Waals surface area contributed by atoms with E-state index in [1.165, 1.54) is 0 Å². The molecule has 16 heavy (non-hydrogen) atoms. The molecule has 86 valence electrons. The molecule has 1 aromatic rings. The van der Waals surface area contributed by atoms with Gasteiger partial charge < -0.3 is 16.4 Å². The van der Waals surface area contributed by atoms with Gasteiger partial charge in [0, 0.05) is 18.3 Å². The van der Waals surface area contributed by atoms with Gasteiger partial charge in [0.25, 0.3) is 0 Å². The molecule has 0 aliphatic rings. The Labute approximate surface area is 100 Å². The van der Waals surface area contributed by atoms with Gasteiger partial charge >= 0.3 is 0 Å². The van der Waals surface area contributed by atoms with E-state index in [0.29, 0.717) is 4.99 Å². The van der Waals surface area contributed by atoms with Crippen molar-refractivity contribution in [2.24, 2.45) is 11.5 Å². The van der Waals surface area contributed by atoms with Crippen LogP contribution in [0.5, 0.6) is 0 Å². The molecule has 0 heterocycles. The zero-order chi connectivity index (χ0) is 12.3. The average molecular weight is 237 g/mol. The molecule has 1 unspecified atom stereocenters. The Hall–Kier alpha value is -1.62. The van der Waals surface area contributed by atoms with Gasteiger partial charge in [-0.15, -0.1) is 0 Å². The largest absolute Gasteiger partial charge is 0.389 e. The van der Waals surface area contributed by atoms with Crippen LogP contribution in [0.3, 0.4) is 0 Å². The number of anilines is 1. The summed E-state index contributed by atoms with van der Waals surface area (Å²) >= 11 is 4.89. The smallest absolute Gasteiger partial charge is 0.239 e. The van der Waals surface area contributed by atoms with Crippen molar-refractivity contribution in [3.63, 3.8) is 0 Å². The van der Waals surface area contributed by atoms with Crippen LogP contribution in [-0.2, 0) is 4.79 Å². The summed E-state index contributed by atoms with van der Waals surface area (Å²) < 4.78 is 0. The Morgan fingerprint density at radius 2 is 2.06 bits per heavy atom.